The van der Waals surface area contributed by atoms with Crippen LogP contribution in [0, 0.1) is 0 Å². The van der Waals surface area contributed by atoms with Crippen molar-refractivity contribution >= 4 is 27.6 Å². The van der Waals surface area contributed by atoms with Crippen LogP contribution in [0.2, 0.25) is 0 Å². The van der Waals surface area contributed by atoms with Crippen LogP contribution in [0.4, 0.5) is 5.69 Å². The fourth-order valence-electron chi connectivity index (χ4n) is 1.70. The molecule has 0 aliphatic carbocycles. The van der Waals surface area contributed by atoms with Gasteiger partial charge in [-0.25, -0.2) is 4.79 Å². The van der Waals surface area contributed by atoms with Gasteiger partial charge in [0.05, 0.1) is 5.56 Å². The highest BCUT2D eigenvalue weighted by molar-refractivity contribution is 9.10. The van der Waals surface area contributed by atoms with Crippen molar-refractivity contribution in [2.45, 2.75) is 26.7 Å². The van der Waals surface area contributed by atoms with Gasteiger partial charge in [-0.15, -0.1) is 0 Å². The number of carbonyl (C=O) groups is 1. The monoisotopic (exact) mass is 299 g/mol. The first-order valence-electron chi connectivity index (χ1n) is 5.87. The third-order valence-corrected chi connectivity index (χ3v) is 3.12. The van der Waals surface area contributed by atoms with Crippen molar-refractivity contribution in [3.05, 3.63) is 28.2 Å². The predicted octanol–water partition coefficient (Wildman–Crippen LogP) is 3.77. The molecule has 1 N–H and O–H groups in total. The van der Waals surface area contributed by atoms with Crippen LogP contribution in [0.25, 0.3) is 0 Å². The van der Waals surface area contributed by atoms with Gasteiger partial charge >= 0.3 is 5.97 Å². The Morgan fingerprint density at radius 1 is 1.35 bits per heavy atom. The molecule has 17 heavy (non-hydrogen) atoms. The first kappa shape index (κ1) is 14.0. The summed E-state index contributed by atoms with van der Waals surface area (Å²) in [6, 6.07) is 5.32. The molecule has 0 aliphatic heterocycles. The van der Waals surface area contributed by atoms with Gasteiger partial charge < -0.3 is 10.0 Å². The molecule has 3 nitrogen and oxygen atoms in total. The van der Waals surface area contributed by atoms with E-state index in [1.54, 1.807) is 12.1 Å². The Balaban J connectivity index is 2.98. The van der Waals surface area contributed by atoms with Gasteiger partial charge in [0.15, 0.2) is 0 Å². The topological polar surface area (TPSA) is 40.5 Å². The lowest BCUT2D eigenvalue weighted by molar-refractivity contribution is 0.0697. The second-order valence-electron chi connectivity index (χ2n) is 3.94. The average Bonchev–Trinajstić information content (AvgIpc) is 2.29. The summed E-state index contributed by atoms with van der Waals surface area (Å²) in [4.78, 5) is 13.2. The summed E-state index contributed by atoms with van der Waals surface area (Å²) in [5.74, 6) is -0.890. The fraction of sp³-hybridized carbons (Fsp3) is 0.462. The van der Waals surface area contributed by atoms with E-state index in [2.05, 4.69) is 34.7 Å². The molecule has 1 aromatic rings. The zero-order valence-electron chi connectivity index (χ0n) is 10.2. The highest BCUT2D eigenvalue weighted by Crippen LogP contribution is 2.23. The number of rotatable bonds is 6. The Kier molecular flexibility index (Phi) is 5.48. The van der Waals surface area contributed by atoms with Crippen LogP contribution in [0.5, 0.6) is 0 Å². The number of aromatic carboxylic acids is 1. The molecule has 0 bridgehead atoms. The zero-order valence-corrected chi connectivity index (χ0v) is 11.8. The molecule has 0 saturated carbocycles. The van der Waals surface area contributed by atoms with Crippen molar-refractivity contribution in [1.82, 2.24) is 0 Å². The lowest BCUT2D eigenvalue weighted by Gasteiger charge is -2.23. The smallest absolute Gasteiger partial charge is 0.335 e. The summed E-state index contributed by atoms with van der Waals surface area (Å²) in [6.45, 7) is 6.08. The molecule has 4 heteroatoms. The maximum atomic E-state index is 11.0. The van der Waals surface area contributed by atoms with E-state index in [0.717, 1.165) is 36.1 Å². The second kappa shape index (κ2) is 6.64. The molecule has 0 fully saturated rings. The van der Waals surface area contributed by atoms with Crippen LogP contribution in [0.3, 0.4) is 0 Å². The Hall–Kier alpha value is -1.03. The molecule has 0 spiro atoms. The molecule has 0 unspecified atom stereocenters. The van der Waals surface area contributed by atoms with Crippen LogP contribution < -0.4 is 4.90 Å². The lowest BCUT2D eigenvalue weighted by Crippen LogP contribution is -2.24. The Morgan fingerprint density at radius 2 is 2.06 bits per heavy atom. The molecule has 1 aromatic carbocycles. The van der Waals surface area contributed by atoms with E-state index in [1.807, 2.05) is 6.07 Å². The summed E-state index contributed by atoms with van der Waals surface area (Å²) in [5, 5.41) is 9.02. The number of hydrogen-bond acceptors (Lipinski definition) is 2. The predicted molar refractivity (Wildman–Crippen MR) is 73.9 cm³/mol. The van der Waals surface area contributed by atoms with Gasteiger partial charge in [0.25, 0.3) is 0 Å². The van der Waals surface area contributed by atoms with Crippen LogP contribution in [0.15, 0.2) is 22.7 Å². The van der Waals surface area contributed by atoms with Gasteiger partial charge in [0.2, 0.25) is 0 Å². The van der Waals surface area contributed by atoms with Crippen molar-refractivity contribution in [3.63, 3.8) is 0 Å². The van der Waals surface area contributed by atoms with Gasteiger partial charge in [-0.2, -0.15) is 0 Å². The highest BCUT2D eigenvalue weighted by atomic mass is 79.9. The molecule has 0 amide bonds. The Morgan fingerprint density at radius 3 is 2.59 bits per heavy atom. The van der Waals surface area contributed by atoms with Crippen molar-refractivity contribution in [2.24, 2.45) is 0 Å². The number of unbranched alkanes of at least 4 members (excludes halogenated alkanes) is 1. The zero-order chi connectivity index (χ0) is 12.8. The number of hydrogen-bond donors (Lipinski definition) is 1. The second-order valence-corrected chi connectivity index (χ2v) is 4.85. The van der Waals surface area contributed by atoms with E-state index in [-0.39, 0.29) is 0 Å². The maximum Gasteiger partial charge on any atom is 0.335 e. The molecule has 0 aromatic heterocycles. The minimum atomic E-state index is -0.890. The molecule has 1 rings (SSSR count). The molecular formula is C13H18BrNO2. The summed E-state index contributed by atoms with van der Waals surface area (Å²) in [6.07, 6.45) is 2.25. The first-order valence-corrected chi connectivity index (χ1v) is 6.66. The standard InChI is InChI=1S/C13H18BrNO2/c1-3-5-6-15(4-2)12-8-10(13(16)17)7-11(14)9-12/h7-9H,3-6H2,1-2H3,(H,16,17). The van der Waals surface area contributed by atoms with Crippen LogP contribution >= 0.6 is 15.9 Å². The third kappa shape index (κ3) is 4.04. The molecule has 0 saturated heterocycles. The molecule has 0 radical (unpaired) electrons. The Labute approximate surface area is 111 Å². The number of benzene rings is 1. The van der Waals surface area contributed by atoms with E-state index in [0.29, 0.717) is 5.56 Å². The van der Waals surface area contributed by atoms with Gasteiger partial charge in [-0.05, 0) is 31.5 Å². The number of nitrogens with zero attached hydrogens (tertiary/aromatic N) is 1. The van der Waals surface area contributed by atoms with E-state index >= 15 is 0 Å². The summed E-state index contributed by atoms with van der Waals surface area (Å²) in [5.41, 5.74) is 1.29. The minimum absolute atomic E-state index is 0.323. The van der Waals surface area contributed by atoms with Crippen molar-refractivity contribution < 1.29 is 9.90 Å². The summed E-state index contributed by atoms with van der Waals surface area (Å²) < 4.78 is 0.808. The first-order chi connectivity index (χ1) is 8.08. The number of anilines is 1. The van der Waals surface area contributed by atoms with Crippen molar-refractivity contribution in [2.75, 3.05) is 18.0 Å². The van der Waals surface area contributed by atoms with Crippen LogP contribution in [0.1, 0.15) is 37.0 Å². The SMILES string of the molecule is CCCCN(CC)c1cc(Br)cc(C(=O)O)c1. The number of halogens is 1. The van der Waals surface area contributed by atoms with Crippen molar-refractivity contribution in [1.29, 1.82) is 0 Å². The van der Waals surface area contributed by atoms with Gasteiger partial charge in [-0.1, -0.05) is 29.3 Å². The van der Waals surface area contributed by atoms with Crippen LogP contribution in [-0.2, 0) is 0 Å². The van der Waals surface area contributed by atoms with Crippen molar-refractivity contribution in [3.8, 4) is 0 Å². The lowest BCUT2D eigenvalue weighted by atomic mass is 10.2. The van der Waals surface area contributed by atoms with Crippen LogP contribution in [-0.4, -0.2) is 24.2 Å². The molecule has 0 heterocycles. The van der Waals surface area contributed by atoms with E-state index in [1.165, 1.54) is 0 Å². The third-order valence-electron chi connectivity index (χ3n) is 2.66. The molecule has 0 atom stereocenters. The van der Waals surface area contributed by atoms with E-state index in [4.69, 9.17) is 5.11 Å². The highest BCUT2D eigenvalue weighted by Gasteiger charge is 2.10. The van der Waals surface area contributed by atoms with Gasteiger partial charge in [-0.3, -0.25) is 0 Å². The maximum absolute atomic E-state index is 11.0. The van der Waals surface area contributed by atoms with Gasteiger partial charge in [0.1, 0.15) is 0 Å². The van der Waals surface area contributed by atoms with E-state index in [9.17, 15) is 4.79 Å². The largest absolute Gasteiger partial charge is 0.478 e. The molecule has 94 valence electrons. The summed E-state index contributed by atoms with van der Waals surface area (Å²) in [7, 11) is 0. The number of carboxylic acid groups (broad SMARTS) is 1. The minimum Gasteiger partial charge on any atom is -0.478 e. The van der Waals surface area contributed by atoms with Gasteiger partial charge in [0, 0.05) is 23.2 Å². The average molecular weight is 300 g/mol. The quantitative estimate of drug-likeness (QED) is 0.869. The Bertz CT molecular complexity index is 393. The number of carboxylic acids is 1. The fourth-order valence-corrected chi connectivity index (χ4v) is 2.18. The molecule has 0 aliphatic rings. The van der Waals surface area contributed by atoms with E-state index < -0.39 is 5.97 Å². The normalized spacial score (nSPS) is 10.3. The summed E-state index contributed by atoms with van der Waals surface area (Å²) >= 11 is 3.36. The molecular weight excluding hydrogens is 282 g/mol.